The van der Waals surface area contributed by atoms with Gasteiger partial charge >= 0.3 is 0 Å². The number of hydrogen-bond donors (Lipinski definition) is 2. The number of furan rings is 1. The molecule has 2 aromatic heterocycles. The number of nitrogens with one attached hydrogen (secondary N) is 1. The van der Waals surface area contributed by atoms with Crippen LogP contribution in [0.5, 0.6) is 11.5 Å². The molecule has 10 heteroatoms. The van der Waals surface area contributed by atoms with Gasteiger partial charge in [-0.05, 0) is 73.0 Å². The standard InChI is InChI=1S/C35H30FN3O6/c1-38-34(42)32-25-15-21(8-11-27(25)45-33(32)20-6-9-22(36)10-7-20)23-16-24(28(43-2)17-29(23)44-19-31(37)41)26(40)18-35(12-13-35)30-5-3-4-14-39-30/h3-11,14-17H,12-13,18-19H2,1-2H3,(H2,37,41)(H,38,42). The van der Waals surface area contributed by atoms with Crippen LogP contribution in [0, 0.1) is 5.82 Å². The maximum absolute atomic E-state index is 13.9. The Labute approximate surface area is 258 Å². The number of hydrogen-bond acceptors (Lipinski definition) is 7. The molecule has 1 aliphatic carbocycles. The van der Waals surface area contributed by atoms with E-state index in [-0.39, 0.29) is 40.4 Å². The number of fused-ring (bicyclic) bond motifs is 1. The van der Waals surface area contributed by atoms with Crippen LogP contribution in [0.1, 0.15) is 45.7 Å². The van der Waals surface area contributed by atoms with Gasteiger partial charge in [0.2, 0.25) is 0 Å². The lowest BCUT2D eigenvalue weighted by molar-refractivity contribution is -0.119. The first-order chi connectivity index (χ1) is 21.7. The molecule has 0 spiro atoms. The summed E-state index contributed by atoms with van der Waals surface area (Å²) >= 11 is 0. The predicted molar refractivity (Wildman–Crippen MR) is 166 cm³/mol. The highest BCUT2D eigenvalue weighted by Gasteiger charge is 2.47. The fourth-order valence-corrected chi connectivity index (χ4v) is 5.62. The average molecular weight is 608 g/mol. The Bertz CT molecular complexity index is 1930. The zero-order valence-electron chi connectivity index (χ0n) is 24.7. The predicted octanol–water partition coefficient (Wildman–Crippen LogP) is 5.84. The molecule has 0 aliphatic heterocycles. The minimum atomic E-state index is -0.678. The Hall–Kier alpha value is -5.51. The van der Waals surface area contributed by atoms with Crippen LogP contribution in [0.2, 0.25) is 0 Å². The van der Waals surface area contributed by atoms with E-state index in [1.54, 1.807) is 36.5 Å². The van der Waals surface area contributed by atoms with Gasteiger partial charge in [-0.3, -0.25) is 19.4 Å². The zero-order chi connectivity index (χ0) is 31.7. The fraction of sp³-hybridized carbons (Fsp3) is 0.200. The van der Waals surface area contributed by atoms with Crippen molar-refractivity contribution in [1.82, 2.24) is 10.3 Å². The number of carbonyl (C=O) groups is 3. The highest BCUT2D eigenvalue weighted by Crippen LogP contribution is 2.51. The van der Waals surface area contributed by atoms with Crippen molar-refractivity contribution in [2.75, 3.05) is 20.8 Å². The molecule has 1 fully saturated rings. The van der Waals surface area contributed by atoms with Crippen LogP contribution in [0.4, 0.5) is 4.39 Å². The molecule has 45 heavy (non-hydrogen) atoms. The Morgan fingerprint density at radius 1 is 1.00 bits per heavy atom. The van der Waals surface area contributed by atoms with Crippen molar-refractivity contribution in [3.05, 3.63) is 102 Å². The summed E-state index contributed by atoms with van der Waals surface area (Å²) in [4.78, 5) is 43.2. The first-order valence-electron chi connectivity index (χ1n) is 14.4. The van der Waals surface area contributed by atoms with Gasteiger partial charge in [0.05, 0.1) is 18.2 Å². The van der Waals surface area contributed by atoms with Crippen molar-refractivity contribution in [1.29, 1.82) is 0 Å². The molecule has 2 amide bonds. The third-order valence-electron chi connectivity index (χ3n) is 8.09. The van der Waals surface area contributed by atoms with Crippen molar-refractivity contribution in [3.63, 3.8) is 0 Å². The molecule has 3 aromatic carbocycles. The van der Waals surface area contributed by atoms with E-state index in [2.05, 4.69) is 10.3 Å². The number of carbonyl (C=O) groups excluding carboxylic acids is 3. The lowest BCUT2D eigenvalue weighted by Gasteiger charge is -2.18. The van der Waals surface area contributed by atoms with Crippen molar-refractivity contribution < 1.29 is 32.7 Å². The van der Waals surface area contributed by atoms with Gasteiger partial charge < -0.3 is 24.9 Å². The highest BCUT2D eigenvalue weighted by molar-refractivity contribution is 6.12. The van der Waals surface area contributed by atoms with Gasteiger partial charge in [-0.25, -0.2) is 4.39 Å². The number of benzene rings is 3. The smallest absolute Gasteiger partial charge is 0.255 e. The van der Waals surface area contributed by atoms with Crippen LogP contribution in [0.3, 0.4) is 0 Å². The summed E-state index contributed by atoms with van der Waals surface area (Å²) in [7, 11) is 2.97. The summed E-state index contributed by atoms with van der Waals surface area (Å²) < 4.78 is 31.2. The van der Waals surface area contributed by atoms with E-state index >= 15 is 0 Å². The molecule has 2 heterocycles. The number of pyridine rings is 1. The Morgan fingerprint density at radius 3 is 2.40 bits per heavy atom. The van der Waals surface area contributed by atoms with E-state index in [4.69, 9.17) is 19.6 Å². The van der Waals surface area contributed by atoms with E-state index in [1.165, 1.54) is 38.4 Å². The summed E-state index contributed by atoms with van der Waals surface area (Å²) in [5, 5.41) is 3.14. The number of methoxy groups -OCH3 is 1. The van der Waals surface area contributed by atoms with Crippen LogP contribution in [0.15, 0.2) is 83.4 Å². The summed E-state index contributed by atoms with van der Waals surface area (Å²) in [5.41, 5.74) is 8.55. The van der Waals surface area contributed by atoms with E-state index < -0.39 is 24.2 Å². The molecule has 0 bridgehead atoms. The number of nitrogens with two attached hydrogens (primary N) is 1. The highest BCUT2D eigenvalue weighted by atomic mass is 19.1. The van der Waals surface area contributed by atoms with Crippen LogP contribution in [-0.2, 0) is 10.2 Å². The van der Waals surface area contributed by atoms with Gasteiger partial charge in [0.15, 0.2) is 12.4 Å². The third kappa shape index (κ3) is 5.74. The van der Waals surface area contributed by atoms with Crippen molar-refractivity contribution >= 4 is 28.6 Å². The SMILES string of the molecule is CNC(=O)c1c(-c2ccc(F)cc2)oc2ccc(-c3cc(C(=O)CC4(c5ccccn5)CC4)c(OC)cc3OCC(N)=O)cc12. The van der Waals surface area contributed by atoms with Gasteiger partial charge in [-0.15, -0.1) is 0 Å². The summed E-state index contributed by atoms with van der Waals surface area (Å²) in [6.45, 7) is -0.404. The molecule has 228 valence electrons. The van der Waals surface area contributed by atoms with Crippen LogP contribution < -0.4 is 20.5 Å². The number of halogens is 1. The van der Waals surface area contributed by atoms with E-state index in [9.17, 15) is 18.8 Å². The normalized spacial score (nSPS) is 13.3. The molecule has 1 saturated carbocycles. The minimum absolute atomic E-state index is 0.133. The number of amides is 2. The zero-order valence-corrected chi connectivity index (χ0v) is 24.7. The van der Waals surface area contributed by atoms with E-state index in [0.29, 0.717) is 33.2 Å². The second-order valence-corrected chi connectivity index (χ2v) is 11.0. The number of ether oxygens (including phenoxy) is 2. The summed E-state index contributed by atoms with van der Waals surface area (Å²) in [6.07, 6.45) is 3.66. The molecule has 6 rings (SSSR count). The van der Waals surface area contributed by atoms with Crippen molar-refractivity contribution in [2.45, 2.75) is 24.7 Å². The molecular weight excluding hydrogens is 577 g/mol. The largest absolute Gasteiger partial charge is 0.496 e. The fourth-order valence-electron chi connectivity index (χ4n) is 5.62. The monoisotopic (exact) mass is 607 g/mol. The average Bonchev–Trinajstić information content (AvgIpc) is 3.74. The molecule has 9 nitrogen and oxygen atoms in total. The number of rotatable bonds is 11. The lowest BCUT2D eigenvalue weighted by Crippen LogP contribution is -2.20. The molecule has 1 aliphatic rings. The number of nitrogens with zero attached hydrogens (tertiary/aromatic N) is 1. The quantitative estimate of drug-likeness (QED) is 0.180. The molecular formula is C35H30FN3O6. The molecule has 5 aromatic rings. The van der Waals surface area contributed by atoms with Crippen molar-refractivity contribution in [3.8, 4) is 33.9 Å². The summed E-state index contributed by atoms with van der Waals surface area (Å²) in [5.74, 6) is -0.800. The second-order valence-electron chi connectivity index (χ2n) is 11.0. The third-order valence-corrected chi connectivity index (χ3v) is 8.09. The molecule has 0 unspecified atom stereocenters. The van der Waals surface area contributed by atoms with E-state index in [1.807, 2.05) is 18.2 Å². The van der Waals surface area contributed by atoms with Gasteiger partial charge in [0, 0.05) is 53.4 Å². The van der Waals surface area contributed by atoms with E-state index in [0.717, 1.165) is 18.5 Å². The Morgan fingerprint density at radius 2 is 1.76 bits per heavy atom. The lowest BCUT2D eigenvalue weighted by atomic mass is 9.90. The maximum atomic E-state index is 13.9. The number of ketones is 1. The topological polar surface area (TPSA) is 134 Å². The van der Waals surface area contributed by atoms with Crippen molar-refractivity contribution in [2.24, 2.45) is 5.73 Å². The molecule has 0 radical (unpaired) electrons. The minimum Gasteiger partial charge on any atom is -0.496 e. The number of Topliss-reactive ketones (excluding diaryl/α,β-unsaturated/α-hetero) is 1. The van der Waals surface area contributed by atoms with Gasteiger partial charge in [-0.1, -0.05) is 12.1 Å². The Balaban J connectivity index is 1.48. The van der Waals surface area contributed by atoms with Crippen LogP contribution >= 0.6 is 0 Å². The molecule has 3 N–H and O–H groups in total. The van der Waals surface area contributed by atoms with Gasteiger partial charge in [0.25, 0.3) is 11.8 Å². The molecule has 0 atom stereocenters. The number of primary amides is 1. The van der Waals surface area contributed by atoms with Gasteiger partial charge in [0.1, 0.15) is 28.7 Å². The first-order valence-corrected chi connectivity index (χ1v) is 14.4. The second kappa shape index (κ2) is 11.9. The van der Waals surface area contributed by atoms with Crippen LogP contribution in [0.25, 0.3) is 33.4 Å². The maximum Gasteiger partial charge on any atom is 0.255 e. The summed E-state index contributed by atoms with van der Waals surface area (Å²) in [6, 6.07) is 19.8. The van der Waals surface area contributed by atoms with Gasteiger partial charge in [-0.2, -0.15) is 0 Å². The Kier molecular flexibility index (Phi) is 7.80. The number of aromatic nitrogens is 1. The molecule has 0 saturated heterocycles. The van der Waals surface area contributed by atoms with Crippen LogP contribution in [-0.4, -0.2) is 43.3 Å². The first kappa shape index (κ1) is 29.6.